The first kappa shape index (κ1) is 17.9. The molecule has 1 heterocycles. The van der Waals surface area contributed by atoms with Gasteiger partial charge in [-0.25, -0.2) is 18.4 Å². The molecule has 0 saturated heterocycles. The summed E-state index contributed by atoms with van der Waals surface area (Å²) in [5, 5.41) is 3.20. The van der Waals surface area contributed by atoms with E-state index in [2.05, 4.69) is 20.0 Å². The molecular weight excluding hydrogens is 372 g/mol. The van der Waals surface area contributed by atoms with E-state index in [1.807, 2.05) is 48.5 Å². The lowest BCUT2D eigenvalue weighted by Crippen LogP contribution is -2.16. The van der Waals surface area contributed by atoms with Gasteiger partial charge in [-0.05, 0) is 29.8 Å². The van der Waals surface area contributed by atoms with Crippen molar-refractivity contribution >= 4 is 32.7 Å². The van der Waals surface area contributed by atoms with E-state index < -0.39 is 10.0 Å². The zero-order chi connectivity index (χ0) is 19.4. The van der Waals surface area contributed by atoms with Crippen LogP contribution in [0.5, 0.6) is 0 Å². The van der Waals surface area contributed by atoms with Gasteiger partial charge in [-0.15, -0.1) is 0 Å². The Kier molecular flexibility index (Phi) is 4.90. The second-order valence-corrected chi connectivity index (χ2v) is 7.85. The van der Waals surface area contributed by atoms with E-state index in [-0.39, 0.29) is 10.7 Å². The molecule has 0 unspecified atom stereocenters. The number of benzene rings is 3. The highest BCUT2D eigenvalue weighted by Crippen LogP contribution is 2.24. The lowest BCUT2D eigenvalue weighted by atomic mass is 10.2. The molecule has 0 amide bonds. The molecule has 4 aromatic rings. The molecule has 3 aromatic carbocycles. The van der Waals surface area contributed by atoms with Gasteiger partial charge in [0.15, 0.2) is 11.6 Å². The van der Waals surface area contributed by atoms with Gasteiger partial charge >= 0.3 is 0 Å². The van der Waals surface area contributed by atoms with E-state index in [1.54, 1.807) is 24.3 Å². The molecule has 1 aromatic heterocycles. The minimum absolute atomic E-state index is 0.165. The summed E-state index contributed by atoms with van der Waals surface area (Å²) < 4.78 is 28.1. The summed E-state index contributed by atoms with van der Waals surface area (Å²) in [4.78, 5) is 9.22. The Morgan fingerprint density at radius 3 is 1.86 bits per heavy atom. The second-order valence-electron chi connectivity index (χ2n) is 6.17. The fraction of sp³-hybridized carbons (Fsp3) is 0.0476. The first-order chi connectivity index (χ1) is 13.6. The number of fused-ring (bicyclic) bond motifs is 1. The minimum atomic E-state index is -3.78. The van der Waals surface area contributed by atoms with E-state index >= 15 is 0 Å². The normalized spacial score (nSPS) is 11.3. The van der Waals surface area contributed by atoms with Gasteiger partial charge in [-0.3, -0.25) is 4.72 Å². The molecule has 28 heavy (non-hydrogen) atoms. The van der Waals surface area contributed by atoms with E-state index in [0.717, 1.165) is 5.56 Å². The SMILES string of the molecule is O=S(=O)(Nc1nc2ccccc2nc1NCc1ccccc1)c1ccccc1. The molecule has 0 bridgehead atoms. The number of nitrogens with one attached hydrogen (secondary N) is 2. The van der Waals surface area contributed by atoms with Crippen LogP contribution in [0.4, 0.5) is 11.6 Å². The monoisotopic (exact) mass is 390 g/mol. The third-order valence-corrected chi connectivity index (χ3v) is 5.51. The predicted octanol–water partition coefficient (Wildman–Crippen LogP) is 4.04. The Morgan fingerprint density at radius 2 is 1.21 bits per heavy atom. The van der Waals surface area contributed by atoms with Crippen LogP contribution in [0, 0.1) is 0 Å². The molecule has 7 heteroatoms. The van der Waals surface area contributed by atoms with E-state index in [0.29, 0.717) is 23.4 Å². The van der Waals surface area contributed by atoms with Crippen LogP contribution in [0.3, 0.4) is 0 Å². The fourth-order valence-corrected chi connectivity index (χ4v) is 3.79. The third kappa shape index (κ3) is 3.94. The van der Waals surface area contributed by atoms with Crippen molar-refractivity contribution in [1.82, 2.24) is 9.97 Å². The van der Waals surface area contributed by atoms with Crippen molar-refractivity contribution in [3.8, 4) is 0 Å². The van der Waals surface area contributed by atoms with Gasteiger partial charge in [0, 0.05) is 6.54 Å². The first-order valence-corrected chi connectivity index (χ1v) is 10.2. The maximum absolute atomic E-state index is 12.8. The van der Waals surface area contributed by atoms with Crippen LogP contribution in [0.1, 0.15) is 5.56 Å². The van der Waals surface area contributed by atoms with Crippen molar-refractivity contribution in [3.63, 3.8) is 0 Å². The number of hydrogen-bond donors (Lipinski definition) is 2. The lowest BCUT2D eigenvalue weighted by Gasteiger charge is -2.14. The molecule has 2 N–H and O–H groups in total. The van der Waals surface area contributed by atoms with Crippen LogP contribution >= 0.6 is 0 Å². The standard InChI is InChI=1S/C21H18N4O2S/c26-28(27,17-11-5-2-6-12-17)25-21-20(22-15-16-9-3-1-4-10-16)23-18-13-7-8-14-19(18)24-21/h1-14H,15H2,(H,22,23)(H,24,25). The highest BCUT2D eigenvalue weighted by molar-refractivity contribution is 7.92. The average molecular weight is 390 g/mol. The summed E-state index contributed by atoms with van der Waals surface area (Å²) in [6, 6.07) is 25.3. The van der Waals surface area contributed by atoms with E-state index in [1.165, 1.54) is 12.1 Å². The van der Waals surface area contributed by atoms with Gasteiger partial charge in [0.1, 0.15) is 0 Å². The molecular formula is C21H18N4O2S. The Balaban J connectivity index is 1.71. The number of sulfonamides is 1. The number of para-hydroxylation sites is 2. The molecule has 0 radical (unpaired) electrons. The Labute approximate surface area is 163 Å². The average Bonchev–Trinajstić information content (AvgIpc) is 2.73. The molecule has 0 spiro atoms. The van der Waals surface area contributed by atoms with Crippen molar-refractivity contribution in [2.45, 2.75) is 11.4 Å². The topological polar surface area (TPSA) is 84.0 Å². The predicted molar refractivity (Wildman–Crippen MR) is 111 cm³/mol. The summed E-state index contributed by atoms with van der Waals surface area (Å²) in [5.41, 5.74) is 2.34. The lowest BCUT2D eigenvalue weighted by molar-refractivity contribution is 0.601. The largest absolute Gasteiger partial charge is 0.363 e. The summed E-state index contributed by atoms with van der Waals surface area (Å²) in [7, 11) is -3.78. The van der Waals surface area contributed by atoms with Crippen molar-refractivity contribution in [1.29, 1.82) is 0 Å². The zero-order valence-electron chi connectivity index (χ0n) is 14.9. The maximum Gasteiger partial charge on any atom is 0.263 e. The number of anilines is 2. The summed E-state index contributed by atoms with van der Waals surface area (Å²) in [6.45, 7) is 0.494. The van der Waals surface area contributed by atoms with Gasteiger partial charge < -0.3 is 5.32 Å². The fourth-order valence-electron chi connectivity index (χ4n) is 2.76. The maximum atomic E-state index is 12.8. The Hall–Kier alpha value is -3.45. The van der Waals surface area contributed by atoms with Crippen LogP contribution in [0.25, 0.3) is 11.0 Å². The molecule has 0 aliphatic rings. The number of hydrogen-bond acceptors (Lipinski definition) is 5. The van der Waals surface area contributed by atoms with Crippen molar-refractivity contribution in [2.75, 3.05) is 10.0 Å². The van der Waals surface area contributed by atoms with Gasteiger partial charge in [-0.1, -0.05) is 60.7 Å². The summed E-state index contributed by atoms with van der Waals surface area (Å²) in [6.07, 6.45) is 0. The smallest absolute Gasteiger partial charge is 0.263 e. The van der Waals surface area contributed by atoms with Gasteiger partial charge in [0.05, 0.1) is 15.9 Å². The molecule has 140 valence electrons. The third-order valence-electron chi connectivity index (χ3n) is 4.16. The first-order valence-electron chi connectivity index (χ1n) is 8.74. The molecule has 6 nitrogen and oxygen atoms in total. The van der Waals surface area contributed by atoms with Crippen LogP contribution in [-0.4, -0.2) is 18.4 Å². The minimum Gasteiger partial charge on any atom is -0.363 e. The van der Waals surface area contributed by atoms with Crippen molar-refractivity contribution in [3.05, 3.63) is 90.5 Å². The summed E-state index contributed by atoms with van der Waals surface area (Å²) in [5.74, 6) is 0.542. The van der Waals surface area contributed by atoms with Crippen LogP contribution in [0.15, 0.2) is 89.8 Å². The Bertz CT molecular complexity index is 1200. The van der Waals surface area contributed by atoms with Gasteiger partial charge in [0.2, 0.25) is 0 Å². The quantitative estimate of drug-likeness (QED) is 0.519. The zero-order valence-corrected chi connectivity index (χ0v) is 15.7. The molecule has 0 atom stereocenters. The number of aromatic nitrogens is 2. The second kappa shape index (κ2) is 7.66. The van der Waals surface area contributed by atoms with Crippen molar-refractivity contribution < 1.29 is 8.42 Å². The molecule has 0 saturated carbocycles. The highest BCUT2D eigenvalue weighted by Gasteiger charge is 2.18. The highest BCUT2D eigenvalue weighted by atomic mass is 32.2. The molecule has 0 fully saturated rings. The van der Waals surface area contributed by atoms with Crippen molar-refractivity contribution in [2.24, 2.45) is 0 Å². The van der Waals surface area contributed by atoms with E-state index in [9.17, 15) is 8.42 Å². The van der Waals surface area contributed by atoms with Crippen LogP contribution in [0.2, 0.25) is 0 Å². The molecule has 0 aliphatic heterocycles. The number of nitrogens with zero attached hydrogens (tertiary/aromatic N) is 2. The number of rotatable bonds is 6. The van der Waals surface area contributed by atoms with Gasteiger partial charge in [-0.2, -0.15) is 0 Å². The Morgan fingerprint density at radius 1 is 0.679 bits per heavy atom. The van der Waals surface area contributed by atoms with Crippen LogP contribution in [-0.2, 0) is 16.6 Å². The molecule has 0 aliphatic carbocycles. The van der Waals surface area contributed by atoms with Gasteiger partial charge in [0.25, 0.3) is 10.0 Å². The van der Waals surface area contributed by atoms with Crippen LogP contribution < -0.4 is 10.0 Å². The molecule has 4 rings (SSSR count). The van der Waals surface area contributed by atoms with E-state index in [4.69, 9.17) is 0 Å². The summed E-state index contributed by atoms with van der Waals surface area (Å²) >= 11 is 0.